The van der Waals surface area contributed by atoms with Crippen molar-refractivity contribution in [2.75, 3.05) is 44.3 Å². The van der Waals surface area contributed by atoms with Gasteiger partial charge in [0.15, 0.2) is 0 Å². The Kier molecular flexibility index (Phi) is 4.65. The molecule has 3 heterocycles. The summed E-state index contributed by atoms with van der Waals surface area (Å²) in [7, 11) is 0. The van der Waals surface area contributed by atoms with Crippen molar-refractivity contribution in [2.24, 2.45) is 0 Å². The molecule has 2 aliphatic heterocycles. The topological polar surface area (TPSA) is 58.6 Å². The van der Waals surface area contributed by atoms with Crippen LogP contribution in [-0.2, 0) is 4.74 Å². The molecule has 0 bridgehead atoms. The van der Waals surface area contributed by atoms with Gasteiger partial charge in [-0.3, -0.25) is 4.79 Å². The number of carbonyl (C=O) groups is 1. The number of anilines is 1. The van der Waals surface area contributed by atoms with Gasteiger partial charge in [-0.15, -0.1) is 0 Å². The second-order valence-electron chi connectivity index (χ2n) is 5.58. The second kappa shape index (κ2) is 6.85. The lowest BCUT2D eigenvalue weighted by Gasteiger charge is -2.26. The second-order valence-corrected chi connectivity index (χ2v) is 5.58. The molecule has 0 radical (unpaired) electrons. The molecule has 0 saturated carbocycles. The highest BCUT2D eigenvalue weighted by Crippen LogP contribution is 2.15. The van der Waals surface area contributed by atoms with Crippen LogP contribution in [0, 0.1) is 0 Å². The van der Waals surface area contributed by atoms with Crippen molar-refractivity contribution < 1.29 is 9.53 Å². The Balaban J connectivity index is 1.66. The summed E-state index contributed by atoms with van der Waals surface area (Å²) in [5.41, 5.74) is 0.565. The van der Waals surface area contributed by atoms with Gasteiger partial charge in [0, 0.05) is 38.6 Å². The van der Waals surface area contributed by atoms with Crippen LogP contribution in [0.5, 0.6) is 0 Å². The summed E-state index contributed by atoms with van der Waals surface area (Å²) in [5, 5.41) is 0. The Bertz CT molecular complexity index is 463. The fourth-order valence-electron chi connectivity index (χ4n) is 2.81. The summed E-state index contributed by atoms with van der Waals surface area (Å²) in [6.45, 7) is 4.53. The van der Waals surface area contributed by atoms with Crippen LogP contribution < -0.4 is 4.90 Å². The third kappa shape index (κ3) is 3.50. The summed E-state index contributed by atoms with van der Waals surface area (Å²) in [5.74, 6) is 0.746. The van der Waals surface area contributed by atoms with Crippen LogP contribution >= 0.6 is 0 Å². The lowest BCUT2D eigenvalue weighted by Crippen LogP contribution is -2.40. The largest absolute Gasteiger partial charge is 0.378 e. The molecule has 0 spiro atoms. The maximum Gasteiger partial charge on any atom is 0.257 e. The number of hydrogen-bond acceptors (Lipinski definition) is 5. The van der Waals surface area contributed by atoms with E-state index < -0.39 is 0 Å². The highest BCUT2D eigenvalue weighted by Gasteiger charge is 2.20. The number of aromatic nitrogens is 2. The van der Waals surface area contributed by atoms with Crippen molar-refractivity contribution in [2.45, 2.75) is 25.7 Å². The lowest BCUT2D eigenvalue weighted by atomic mass is 10.2. The predicted octanol–water partition coefficient (Wildman–Crippen LogP) is 1.33. The fourth-order valence-corrected chi connectivity index (χ4v) is 2.81. The number of ether oxygens (including phenoxy) is 1. The summed E-state index contributed by atoms with van der Waals surface area (Å²) in [6.07, 6.45) is 8.26. The summed E-state index contributed by atoms with van der Waals surface area (Å²) in [4.78, 5) is 25.1. The van der Waals surface area contributed by atoms with Crippen LogP contribution in [0.3, 0.4) is 0 Å². The van der Waals surface area contributed by atoms with E-state index in [-0.39, 0.29) is 5.91 Å². The van der Waals surface area contributed by atoms with E-state index in [4.69, 9.17) is 4.74 Å². The molecule has 2 aliphatic rings. The minimum Gasteiger partial charge on any atom is -0.378 e. The van der Waals surface area contributed by atoms with E-state index >= 15 is 0 Å². The zero-order valence-corrected chi connectivity index (χ0v) is 12.3. The molecule has 6 nitrogen and oxygen atoms in total. The molecule has 21 heavy (non-hydrogen) atoms. The standard InChI is InChI=1S/C15H22N4O2/c20-14(18-7-9-21-10-8-18)13-11-16-15(17-12-13)19-5-3-1-2-4-6-19/h11-12H,1-10H2. The highest BCUT2D eigenvalue weighted by atomic mass is 16.5. The van der Waals surface area contributed by atoms with E-state index in [2.05, 4.69) is 14.9 Å². The molecule has 0 N–H and O–H groups in total. The van der Waals surface area contributed by atoms with E-state index in [0.29, 0.717) is 31.9 Å². The van der Waals surface area contributed by atoms with E-state index in [1.807, 2.05) is 0 Å². The zero-order chi connectivity index (χ0) is 14.5. The Morgan fingerprint density at radius 1 is 0.952 bits per heavy atom. The van der Waals surface area contributed by atoms with Crippen molar-refractivity contribution in [1.82, 2.24) is 14.9 Å². The number of carbonyl (C=O) groups excluding carboxylic acids is 1. The smallest absolute Gasteiger partial charge is 0.257 e. The minimum absolute atomic E-state index is 0.000663. The van der Waals surface area contributed by atoms with Gasteiger partial charge >= 0.3 is 0 Å². The van der Waals surface area contributed by atoms with Gasteiger partial charge in [0.2, 0.25) is 5.95 Å². The molecule has 0 atom stereocenters. The molecular formula is C15H22N4O2. The van der Waals surface area contributed by atoms with Gasteiger partial charge in [0.05, 0.1) is 18.8 Å². The average Bonchev–Trinajstić information content (AvgIpc) is 2.84. The van der Waals surface area contributed by atoms with E-state index in [9.17, 15) is 4.79 Å². The molecule has 1 aromatic rings. The fraction of sp³-hybridized carbons (Fsp3) is 0.667. The van der Waals surface area contributed by atoms with Crippen molar-refractivity contribution in [3.63, 3.8) is 0 Å². The SMILES string of the molecule is O=C(c1cnc(N2CCCCCC2)nc1)N1CCOCC1. The molecule has 3 rings (SSSR count). The third-order valence-corrected chi connectivity index (χ3v) is 4.07. The number of amides is 1. The first kappa shape index (κ1) is 14.3. The van der Waals surface area contributed by atoms with Crippen molar-refractivity contribution in [1.29, 1.82) is 0 Å². The van der Waals surface area contributed by atoms with E-state index in [1.54, 1.807) is 17.3 Å². The minimum atomic E-state index is 0.000663. The zero-order valence-electron chi connectivity index (χ0n) is 12.3. The molecule has 0 aliphatic carbocycles. The first-order valence-corrected chi connectivity index (χ1v) is 7.78. The molecule has 114 valence electrons. The monoisotopic (exact) mass is 290 g/mol. The molecule has 0 unspecified atom stereocenters. The van der Waals surface area contributed by atoms with Gasteiger partial charge < -0.3 is 14.5 Å². The van der Waals surface area contributed by atoms with Crippen molar-refractivity contribution in [3.05, 3.63) is 18.0 Å². The first-order valence-electron chi connectivity index (χ1n) is 7.78. The van der Waals surface area contributed by atoms with Crippen LogP contribution in [0.2, 0.25) is 0 Å². The van der Waals surface area contributed by atoms with Crippen LogP contribution in [0.1, 0.15) is 36.0 Å². The van der Waals surface area contributed by atoms with Gasteiger partial charge in [-0.1, -0.05) is 12.8 Å². The van der Waals surface area contributed by atoms with Crippen LogP contribution in [0.4, 0.5) is 5.95 Å². The Hall–Kier alpha value is -1.69. The van der Waals surface area contributed by atoms with Gasteiger partial charge in [-0.05, 0) is 12.8 Å². The summed E-state index contributed by atoms with van der Waals surface area (Å²) in [6, 6.07) is 0. The van der Waals surface area contributed by atoms with Crippen molar-refractivity contribution >= 4 is 11.9 Å². The highest BCUT2D eigenvalue weighted by molar-refractivity contribution is 5.93. The van der Waals surface area contributed by atoms with Crippen LogP contribution in [-0.4, -0.2) is 60.2 Å². The van der Waals surface area contributed by atoms with Crippen molar-refractivity contribution in [3.8, 4) is 0 Å². The third-order valence-electron chi connectivity index (χ3n) is 4.07. The molecule has 1 aromatic heterocycles. The number of nitrogens with zero attached hydrogens (tertiary/aromatic N) is 4. The molecule has 1 amide bonds. The molecule has 0 aromatic carbocycles. The lowest BCUT2D eigenvalue weighted by molar-refractivity contribution is 0.0302. The Morgan fingerprint density at radius 2 is 1.57 bits per heavy atom. The number of morpholine rings is 1. The van der Waals surface area contributed by atoms with Gasteiger partial charge in [0.1, 0.15) is 0 Å². The molecule has 2 fully saturated rings. The molecule has 2 saturated heterocycles. The Labute approximate surface area is 125 Å². The Morgan fingerprint density at radius 3 is 2.19 bits per heavy atom. The normalized spacial score (nSPS) is 20.2. The molecule has 6 heteroatoms. The number of hydrogen-bond donors (Lipinski definition) is 0. The maximum absolute atomic E-state index is 12.3. The molecular weight excluding hydrogens is 268 g/mol. The predicted molar refractivity (Wildman–Crippen MR) is 79.4 cm³/mol. The summed E-state index contributed by atoms with van der Waals surface area (Å²) >= 11 is 0. The van der Waals surface area contributed by atoms with Gasteiger partial charge in [-0.2, -0.15) is 0 Å². The summed E-state index contributed by atoms with van der Waals surface area (Å²) < 4.78 is 5.26. The van der Waals surface area contributed by atoms with E-state index in [0.717, 1.165) is 19.0 Å². The maximum atomic E-state index is 12.3. The van der Waals surface area contributed by atoms with Gasteiger partial charge in [-0.25, -0.2) is 9.97 Å². The van der Waals surface area contributed by atoms with E-state index in [1.165, 1.54) is 25.7 Å². The van der Waals surface area contributed by atoms with Crippen LogP contribution in [0.15, 0.2) is 12.4 Å². The average molecular weight is 290 g/mol. The number of rotatable bonds is 2. The van der Waals surface area contributed by atoms with Crippen LogP contribution in [0.25, 0.3) is 0 Å². The quantitative estimate of drug-likeness (QED) is 0.822. The first-order chi connectivity index (χ1) is 10.3. The van der Waals surface area contributed by atoms with Gasteiger partial charge in [0.25, 0.3) is 5.91 Å².